The van der Waals surface area contributed by atoms with Gasteiger partial charge in [0.1, 0.15) is 49.4 Å². The third-order valence-electron chi connectivity index (χ3n) is 17.9. The highest BCUT2D eigenvalue weighted by Gasteiger charge is 2.28. The molecule has 1 aliphatic rings. The predicted octanol–water partition coefficient (Wildman–Crippen LogP) is 23.5. The van der Waals surface area contributed by atoms with E-state index in [1.54, 1.807) is 48.6 Å². The minimum atomic E-state index is 0.106. The fourth-order valence-corrected chi connectivity index (χ4v) is 13.6. The van der Waals surface area contributed by atoms with Gasteiger partial charge in [0.25, 0.3) is 0 Å². The van der Waals surface area contributed by atoms with E-state index in [1.165, 1.54) is 0 Å². The standard InChI is InChI=1S/C92H64Cl4N4O4/c93-85-33-17-13-29-65(85)37-81(53-97)69-41-73-49-75-43-70(82(54-98)38-66-30-14-18-34-86(66)94)45-77(90(75)102-58-62-23-7-2-8-24-62)51-79-47-72(84(56-100)40-68-32-16-20-36-88(68)96)48-80(92(79)104-60-64-27-11-4-12-28-64)52-78-46-71(83(55-99)39-67-31-15-19-35-87(67)95)44-76(91(78)103-59-63-25-9-3-10-26-63)50-74(42-69)89(73)101-57-61-21-5-1-6-22-61/h1-48H,49-52,57-60H2/b81-37+,82-38+,83-39+,84-40+. The van der Waals surface area contributed by atoms with E-state index < -0.39 is 0 Å². The summed E-state index contributed by atoms with van der Waals surface area (Å²) in [6.07, 6.45) is 7.59. The minimum Gasteiger partial charge on any atom is -0.488 e. The maximum Gasteiger partial charge on any atom is 0.126 e. The fraction of sp³-hybridized carbons (Fsp3) is 0.0870. The number of fused-ring (bicyclic) bond motifs is 8. The Morgan fingerprint density at radius 3 is 0.606 bits per heavy atom. The molecular formula is C92H64Cl4N4O4. The van der Waals surface area contributed by atoms with E-state index in [0.29, 0.717) is 154 Å². The van der Waals surface area contributed by atoms with Crippen molar-refractivity contribution in [1.82, 2.24) is 0 Å². The topological polar surface area (TPSA) is 132 Å². The molecule has 12 aromatic rings. The number of nitrogens with zero attached hydrogens (tertiary/aromatic N) is 4. The molecule has 12 aromatic carbocycles. The summed E-state index contributed by atoms with van der Waals surface area (Å²) in [7, 11) is 0. The summed E-state index contributed by atoms with van der Waals surface area (Å²) in [6, 6.07) is 95.3. The Kier molecular flexibility index (Phi) is 22.7. The molecule has 0 spiro atoms. The molecule has 13 rings (SSSR count). The number of rotatable bonds is 20. The van der Waals surface area contributed by atoms with Crippen LogP contribution in [0.5, 0.6) is 23.0 Å². The summed E-state index contributed by atoms with van der Waals surface area (Å²) in [5.41, 5.74) is 15.0. The molecule has 8 nitrogen and oxygen atoms in total. The molecular weight excluding hydrogens is 1370 g/mol. The van der Waals surface area contributed by atoms with Gasteiger partial charge in [0.2, 0.25) is 0 Å². The second-order valence-corrected chi connectivity index (χ2v) is 26.7. The molecule has 0 N–H and O–H groups in total. The van der Waals surface area contributed by atoms with Crippen LogP contribution >= 0.6 is 46.4 Å². The van der Waals surface area contributed by atoms with Crippen molar-refractivity contribution in [3.8, 4) is 47.3 Å². The van der Waals surface area contributed by atoms with Gasteiger partial charge in [0.15, 0.2) is 0 Å². The third kappa shape index (κ3) is 17.1. The van der Waals surface area contributed by atoms with Crippen molar-refractivity contribution >= 4 is 93.0 Å². The molecule has 8 bridgehead atoms. The van der Waals surface area contributed by atoms with Crippen LogP contribution in [0, 0.1) is 45.3 Å². The Labute approximate surface area is 626 Å². The molecule has 0 fully saturated rings. The van der Waals surface area contributed by atoms with Crippen molar-refractivity contribution in [2.45, 2.75) is 52.1 Å². The number of hydrogen-bond acceptors (Lipinski definition) is 8. The second kappa shape index (κ2) is 33.6. The molecule has 0 heterocycles. The Bertz CT molecular complexity index is 4720. The number of hydrogen-bond donors (Lipinski definition) is 0. The van der Waals surface area contributed by atoms with E-state index in [0.717, 1.165) is 22.3 Å². The molecule has 0 aliphatic heterocycles. The number of benzene rings is 12. The smallest absolute Gasteiger partial charge is 0.126 e. The van der Waals surface area contributed by atoms with Gasteiger partial charge in [-0.1, -0.05) is 241 Å². The second-order valence-electron chi connectivity index (χ2n) is 25.1. The van der Waals surface area contributed by atoms with Gasteiger partial charge in [-0.15, -0.1) is 0 Å². The van der Waals surface area contributed by atoms with Gasteiger partial charge >= 0.3 is 0 Å². The summed E-state index contributed by atoms with van der Waals surface area (Å²) in [5.74, 6) is 2.06. The quantitative estimate of drug-likeness (QED) is 0.0544. The molecule has 0 unspecified atom stereocenters. The van der Waals surface area contributed by atoms with Gasteiger partial charge < -0.3 is 18.9 Å². The lowest BCUT2D eigenvalue weighted by molar-refractivity contribution is 0.293. The van der Waals surface area contributed by atoms with E-state index in [4.69, 9.17) is 65.4 Å². The molecule has 504 valence electrons. The zero-order chi connectivity index (χ0) is 71.7. The minimum absolute atomic E-state index is 0.106. The van der Waals surface area contributed by atoms with Crippen LogP contribution in [0.2, 0.25) is 20.1 Å². The zero-order valence-electron chi connectivity index (χ0n) is 56.3. The van der Waals surface area contributed by atoms with E-state index >= 15 is 0 Å². The first kappa shape index (κ1) is 70.4. The number of nitriles is 4. The first-order valence-corrected chi connectivity index (χ1v) is 35.3. The third-order valence-corrected chi connectivity index (χ3v) is 19.3. The molecule has 12 heteroatoms. The SMILES string of the molecule is N#C/C(=C\c1ccccc1Cl)c1cc2c(OCc3ccccc3)c(c1)Cc1cc(/C(C#N)=C/c3ccccc3Cl)cc(c1OCc1ccccc1)Cc1cc(/C(C#N)=C/c3ccccc3Cl)cc(c1OCc1ccccc1)Cc1cc(/C(C#N)=C/c3ccccc3Cl)cc(c1OCc1ccccc1)C2. The lowest BCUT2D eigenvalue weighted by Crippen LogP contribution is -2.11. The highest BCUT2D eigenvalue weighted by molar-refractivity contribution is 6.33. The molecule has 0 saturated heterocycles. The summed E-state index contributed by atoms with van der Waals surface area (Å²) < 4.78 is 29.4. The molecule has 1 aliphatic carbocycles. The van der Waals surface area contributed by atoms with Crippen molar-refractivity contribution in [3.63, 3.8) is 0 Å². The van der Waals surface area contributed by atoms with Crippen molar-refractivity contribution < 1.29 is 18.9 Å². The van der Waals surface area contributed by atoms with Crippen LogP contribution < -0.4 is 18.9 Å². The van der Waals surface area contributed by atoms with Gasteiger partial charge in [-0.25, -0.2) is 0 Å². The van der Waals surface area contributed by atoms with Crippen molar-refractivity contribution in [3.05, 3.63) is 398 Å². The number of halogens is 4. The van der Waals surface area contributed by atoms with Gasteiger partial charge in [-0.3, -0.25) is 0 Å². The molecule has 0 atom stereocenters. The maximum atomic E-state index is 11.5. The van der Waals surface area contributed by atoms with Crippen LogP contribution in [0.25, 0.3) is 46.6 Å². The van der Waals surface area contributed by atoms with E-state index in [-0.39, 0.29) is 52.1 Å². The first-order valence-electron chi connectivity index (χ1n) is 33.7. The molecule has 0 saturated carbocycles. The van der Waals surface area contributed by atoms with Crippen LogP contribution in [0.3, 0.4) is 0 Å². The molecule has 0 radical (unpaired) electrons. The van der Waals surface area contributed by atoms with Gasteiger partial charge in [0, 0.05) is 45.8 Å². The number of allylic oxidation sites excluding steroid dienone is 4. The average Bonchev–Trinajstić information content (AvgIpc) is 0.767. The van der Waals surface area contributed by atoms with Crippen molar-refractivity contribution in [1.29, 1.82) is 21.0 Å². The van der Waals surface area contributed by atoms with Gasteiger partial charge in [-0.05, 0) is 208 Å². The Balaban J connectivity index is 1.18. The van der Waals surface area contributed by atoms with Crippen molar-refractivity contribution in [2.75, 3.05) is 0 Å². The summed E-state index contributed by atoms with van der Waals surface area (Å²) in [5, 5.41) is 48.0. The van der Waals surface area contributed by atoms with Gasteiger partial charge in [0.05, 0.1) is 46.6 Å². The zero-order valence-corrected chi connectivity index (χ0v) is 59.3. The normalized spacial score (nSPS) is 12.2. The van der Waals surface area contributed by atoms with Crippen LogP contribution in [0.1, 0.15) is 111 Å². The average molecular weight is 1430 g/mol. The Morgan fingerprint density at radius 2 is 0.433 bits per heavy atom. The lowest BCUT2D eigenvalue weighted by atomic mass is 9.86. The summed E-state index contributed by atoms with van der Waals surface area (Å²) in [6.45, 7) is 0.566. The number of ether oxygens (including phenoxy) is 4. The first-order chi connectivity index (χ1) is 51.0. The molecule has 0 aromatic heterocycles. The Morgan fingerprint density at radius 1 is 0.260 bits per heavy atom. The lowest BCUT2D eigenvalue weighted by Gasteiger charge is -2.25. The van der Waals surface area contributed by atoms with E-state index in [9.17, 15) is 21.0 Å². The highest BCUT2D eigenvalue weighted by atomic mass is 35.5. The van der Waals surface area contributed by atoms with Crippen LogP contribution in [0.15, 0.2) is 267 Å². The fourth-order valence-electron chi connectivity index (χ4n) is 12.9. The van der Waals surface area contributed by atoms with Crippen LogP contribution in [-0.4, -0.2) is 0 Å². The van der Waals surface area contributed by atoms with E-state index in [1.807, 2.05) is 243 Å². The summed E-state index contributed by atoms with van der Waals surface area (Å²) in [4.78, 5) is 0. The summed E-state index contributed by atoms with van der Waals surface area (Å²) >= 11 is 27.8. The highest BCUT2D eigenvalue weighted by Crippen LogP contribution is 2.45. The Hall–Kier alpha value is -12.1. The largest absolute Gasteiger partial charge is 0.488 e. The van der Waals surface area contributed by atoms with Crippen LogP contribution in [-0.2, 0) is 52.1 Å². The molecule has 0 amide bonds. The van der Waals surface area contributed by atoms with E-state index in [2.05, 4.69) is 24.3 Å². The van der Waals surface area contributed by atoms with Crippen LogP contribution in [0.4, 0.5) is 0 Å². The predicted molar refractivity (Wildman–Crippen MR) is 420 cm³/mol. The van der Waals surface area contributed by atoms with Crippen molar-refractivity contribution in [2.24, 2.45) is 0 Å². The monoisotopic (exact) mass is 1430 g/mol. The van der Waals surface area contributed by atoms with Gasteiger partial charge in [-0.2, -0.15) is 21.0 Å². The molecule has 104 heavy (non-hydrogen) atoms. The maximum absolute atomic E-state index is 11.5.